The van der Waals surface area contributed by atoms with Crippen molar-refractivity contribution < 1.29 is 18.0 Å². The Morgan fingerprint density at radius 2 is 1.77 bits per heavy atom. The summed E-state index contributed by atoms with van der Waals surface area (Å²) in [7, 11) is 0. The van der Waals surface area contributed by atoms with Crippen LogP contribution < -0.4 is 0 Å². The summed E-state index contributed by atoms with van der Waals surface area (Å²) in [6.45, 7) is 0. The van der Waals surface area contributed by atoms with Crippen molar-refractivity contribution in [3.05, 3.63) is 63.8 Å². The van der Waals surface area contributed by atoms with Gasteiger partial charge in [0.15, 0.2) is 22.5 Å². The Balaban J connectivity index is 1.99. The number of benzene rings is 2. The summed E-state index contributed by atoms with van der Waals surface area (Å²) in [5, 5.41) is 0.370. The van der Waals surface area contributed by atoms with E-state index < -0.39 is 11.6 Å². The molecule has 1 aromatic heterocycles. The first-order valence-electron chi connectivity index (χ1n) is 6.42. The van der Waals surface area contributed by atoms with E-state index in [1.54, 1.807) is 12.1 Å². The Kier molecular flexibility index (Phi) is 3.06. The smallest absolute Gasteiger partial charge is 0.194 e. The van der Waals surface area contributed by atoms with Gasteiger partial charge in [-0.25, -0.2) is 8.78 Å². The molecule has 0 atom stereocenters. The Morgan fingerprint density at radius 3 is 2.59 bits per heavy atom. The van der Waals surface area contributed by atoms with Gasteiger partial charge >= 0.3 is 0 Å². The summed E-state index contributed by atoms with van der Waals surface area (Å²) in [4.78, 5) is 13.3. The van der Waals surface area contributed by atoms with Crippen molar-refractivity contribution in [3.8, 4) is 0 Å². The van der Waals surface area contributed by atoms with Crippen LogP contribution in [0.15, 0.2) is 35.2 Å². The van der Waals surface area contributed by atoms with E-state index in [1.807, 2.05) is 0 Å². The van der Waals surface area contributed by atoms with Crippen molar-refractivity contribution in [2.24, 2.45) is 0 Å². The normalized spacial score (nSPS) is 13.9. The van der Waals surface area contributed by atoms with Crippen LogP contribution in [0.5, 0.6) is 0 Å². The maximum Gasteiger partial charge on any atom is 0.194 e. The molecule has 0 unspecified atom stereocenters. The Labute approximate surface area is 131 Å². The molecular weight excluding hydrogens is 329 g/mol. The zero-order valence-corrected chi connectivity index (χ0v) is 12.6. The third kappa shape index (κ3) is 1.90. The lowest BCUT2D eigenvalue weighted by atomic mass is 9.98. The van der Waals surface area contributed by atoms with Gasteiger partial charge in [0.25, 0.3) is 0 Å². The van der Waals surface area contributed by atoms with Crippen molar-refractivity contribution in [2.45, 2.75) is 10.6 Å². The summed E-state index contributed by atoms with van der Waals surface area (Å²) >= 11 is 2.19. The molecule has 0 saturated carbocycles. The minimum absolute atomic E-state index is 0.0661. The maximum atomic E-state index is 14.0. The van der Waals surface area contributed by atoms with Crippen LogP contribution >= 0.6 is 23.1 Å². The number of carbonyl (C=O) groups excluding carboxylic acids is 1. The molecule has 0 radical (unpaired) electrons. The minimum atomic E-state index is -0.986. The first kappa shape index (κ1) is 13.8. The maximum absolute atomic E-state index is 14.0. The third-order valence-corrected chi connectivity index (χ3v) is 5.89. The first-order chi connectivity index (χ1) is 10.6. The summed E-state index contributed by atoms with van der Waals surface area (Å²) in [5.41, 5.74) is 0.641. The molecular formula is C16H7F3OS2. The highest BCUT2D eigenvalue weighted by atomic mass is 32.2. The summed E-state index contributed by atoms with van der Waals surface area (Å²) in [6, 6.07) is 6.98. The Hall–Kier alpha value is -1.79. The van der Waals surface area contributed by atoms with Crippen molar-refractivity contribution in [1.29, 1.82) is 0 Å². The SMILES string of the molecule is O=C1c2ccc(F)c(F)c2CSc2c1ccc1cc(F)sc21. The van der Waals surface area contributed by atoms with E-state index >= 15 is 0 Å². The summed E-state index contributed by atoms with van der Waals surface area (Å²) in [5.74, 6) is -2.18. The van der Waals surface area contributed by atoms with E-state index in [4.69, 9.17) is 0 Å². The number of rotatable bonds is 0. The number of halogens is 3. The van der Waals surface area contributed by atoms with Crippen molar-refractivity contribution >= 4 is 39.0 Å². The van der Waals surface area contributed by atoms with Gasteiger partial charge < -0.3 is 0 Å². The van der Waals surface area contributed by atoms with Crippen LogP contribution in [0.2, 0.25) is 0 Å². The van der Waals surface area contributed by atoms with Gasteiger partial charge in [-0.2, -0.15) is 4.39 Å². The van der Waals surface area contributed by atoms with Crippen LogP contribution in [0, 0.1) is 16.8 Å². The highest BCUT2D eigenvalue weighted by molar-refractivity contribution is 7.99. The van der Waals surface area contributed by atoms with Crippen molar-refractivity contribution in [2.75, 3.05) is 0 Å². The third-order valence-electron chi connectivity index (χ3n) is 3.66. The van der Waals surface area contributed by atoms with Gasteiger partial charge in [-0.05, 0) is 29.7 Å². The predicted molar refractivity (Wildman–Crippen MR) is 81.1 cm³/mol. The van der Waals surface area contributed by atoms with Crippen LogP contribution in [0.4, 0.5) is 13.2 Å². The second kappa shape index (κ2) is 4.86. The van der Waals surface area contributed by atoms with Crippen molar-refractivity contribution in [3.63, 3.8) is 0 Å². The second-order valence-electron chi connectivity index (χ2n) is 4.92. The molecule has 6 heteroatoms. The van der Waals surface area contributed by atoms with E-state index in [1.165, 1.54) is 23.9 Å². The lowest BCUT2D eigenvalue weighted by Crippen LogP contribution is -2.06. The summed E-state index contributed by atoms with van der Waals surface area (Å²) < 4.78 is 41.5. The quantitative estimate of drug-likeness (QED) is 0.564. The van der Waals surface area contributed by atoms with E-state index in [-0.39, 0.29) is 27.8 Å². The Bertz CT molecular complexity index is 946. The molecule has 1 aliphatic rings. The largest absolute Gasteiger partial charge is 0.289 e. The topological polar surface area (TPSA) is 17.1 Å². The first-order valence-corrected chi connectivity index (χ1v) is 8.23. The number of carbonyl (C=O) groups is 1. The molecule has 0 N–H and O–H groups in total. The van der Waals surface area contributed by atoms with E-state index in [0.717, 1.165) is 17.4 Å². The van der Waals surface area contributed by atoms with Gasteiger partial charge in [-0.1, -0.05) is 6.07 Å². The number of thiophene rings is 1. The van der Waals surface area contributed by atoms with E-state index in [2.05, 4.69) is 0 Å². The van der Waals surface area contributed by atoms with Gasteiger partial charge in [0, 0.05) is 27.3 Å². The molecule has 2 heterocycles. The summed E-state index contributed by atoms with van der Waals surface area (Å²) in [6.07, 6.45) is 0. The van der Waals surface area contributed by atoms with Crippen LogP contribution in [0.25, 0.3) is 10.1 Å². The molecule has 0 aliphatic carbocycles. The van der Waals surface area contributed by atoms with Gasteiger partial charge in [-0.3, -0.25) is 4.79 Å². The van der Waals surface area contributed by atoms with Crippen LogP contribution in [-0.4, -0.2) is 5.78 Å². The standard InChI is InChI=1S/C16H7F3OS2/c17-11-4-3-8-10(13(11)19)6-21-16-9(14(8)20)2-1-7-5-12(18)22-15(7)16/h1-5H,6H2. The van der Waals surface area contributed by atoms with Gasteiger partial charge in [0.2, 0.25) is 0 Å². The lowest BCUT2D eigenvalue weighted by Gasteiger charge is -2.06. The average Bonchev–Trinajstić information content (AvgIpc) is 2.81. The molecule has 0 amide bonds. The molecule has 110 valence electrons. The number of thioether (sulfide) groups is 1. The highest BCUT2D eigenvalue weighted by Gasteiger charge is 2.27. The number of fused-ring (bicyclic) bond motifs is 4. The molecule has 0 spiro atoms. The monoisotopic (exact) mass is 336 g/mol. The molecule has 0 bridgehead atoms. The number of ketones is 1. The molecule has 1 nitrogen and oxygen atoms in total. The molecule has 2 aromatic carbocycles. The molecule has 0 fully saturated rings. The fraction of sp³-hybridized carbons (Fsp3) is 0.0625. The van der Waals surface area contributed by atoms with Crippen molar-refractivity contribution in [1.82, 2.24) is 0 Å². The molecule has 1 aliphatic heterocycles. The average molecular weight is 336 g/mol. The highest BCUT2D eigenvalue weighted by Crippen LogP contribution is 2.42. The fourth-order valence-electron chi connectivity index (χ4n) is 2.60. The van der Waals surface area contributed by atoms with Crippen LogP contribution in [0.3, 0.4) is 0 Å². The number of hydrogen-bond donors (Lipinski definition) is 0. The minimum Gasteiger partial charge on any atom is -0.289 e. The second-order valence-corrected chi connectivity index (χ2v) is 6.90. The fourth-order valence-corrected chi connectivity index (χ4v) is 4.87. The zero-order valence-electron chi connectivity index (χ0n) is 11.0. The molecule has 22 heavy (non-hydrogen) atoms. The number of hydrogen-bond acceptors (Lipinski definition) is 3. The van der Waals surface area contributed by atoms with Gasteiger partial charge in [-0.15, -0.1) is 23.1 Å². The van der Waals surface area contributed by atoms with E-state index in [0.29, 0.717) is 20.5 Å². The molecule has 0 saturated heterocycles. The van der Waals surface area contributed by atoms with Crippen LogP contribution in [0.1, 0.15) is 21.5 Å². The lowest BCUT2D eigenvalue weighted by molar-refractivity contribution is 0.103. The van der Waals surface area contributed by atoms with Crippen LogP contribution in [-0.2, 0) is 5.75 Å². The Morgan fingerprint density at radius 1 is 1.00 bits per heavy atom. The predicted octanol–water partition coefficient (Wildman–Crippen LogP) is 5.16. The molecule has 3 aromatic rings. The zero-order chi connectivity index (χ0) is 15.4. The molecule has 4 rings (SSSR count). The van der Waals surface area contributed by atoms with E-state index in [9.17, 15) is 18.0 Å². The van der Waals surface area contributed by atoms with Gasteiger partial charge in [0.1, 0.15) is 0 Å². The van der Waals surface area contributed by atoms with Gasteiger partial charge in [0.05, 0.1) is 4.70 Å².